The van der Waals surface area contributed by atoms with Crippen LogP contribution in [-0.4, -0.2) is 50.3 Å². The van der Waals surface area contributed by atoms with Gasteiger partial charge >= 0.3 is 5.97 Å². The molecule has 0 spiro atoms. The molecule has 0 radical (unpaired) electrons. The number of hydrogen-bond acceptors (Lipinski definition) is 6. The molecule has 174 valence electrons. The highest BCUT2D eigenvalue weighted by molar-refractivity contribution is 7.91. The van der Waals surface area contributed by atoms with Gasteiger partial charge in [0.2, 0.25) is 0 Å². The maximum atomic E-state index is 13.6. The van der Waals surface area contributed by atoms with E-state index in [1.165, 1.54) is 11.4 Å². The number of carbonyl (C=O) groups is 1. The Bertz CT molecular complexity index is 1120. The van der Waals surface area contributed by atoms with Gasteiger partial charge in [-0.25, -0.2) is 26.4 Å². The second-order valence-corrected chi connectivity index (χ2v) is 11.2. The summed E-state index contributed by atoms with van der Waals surface area (Å²) < 4.78 is 73.3. The summed E-state index contributed by atoms with van der Waals surface area (Å²) in [6.07, 6.45) is 2.90. The Hall–Kier alpha value is -1.95. The van der Waals surface area contributed by atoms with E-state index in [1.54, 1.807) is 0 Å². The van der Waals surface area contributed by atoms with Gasteiger partial charge < -0.3 is 4.74 Å². The van der Waals surface area contributed by atoms with Crippen LogP contribution in [0, 0.1) is 17.5 Å². The summed E-state index contributed by atoms with van der Waals surface area (Å²) in [6, 6.07) is 1.91. The first kappa shape index (κ1) is 23.2. The summed E-state index contributed by atoms with van der Waals surface area (Å²) in [4.78, 5) is 15.1. The van der Waals surface area contributed by atoms with Gasteiger partial charge in [0.1, 0.15) is 4.21 Å². The average Bonchev–Trinajstić information content (AvgIpc) is 3.17. The smallest absolute Gasteiger partial charge is 0.340 e. The number of thiophene rings is 1. The van der Waals surface area contributed by atoms with Crippen LogP contribution in [0.15, 0.2) is 16.3 Å². The number of esters is 1. The van der Waals surface area contributed by atoms with Crippen LogP contribution in [-0.2, 0) is 34.3 Å². The first-order valence-corrected chi connectivity index (χ1v) is 12.6. The molecule has 32 heavy (non-hydrogen) atoms. The van der Waals surface area contributed by atoms with Crippen LogP contribution in [0.5, 0.6) is 0 Å². The number of ether oxygens (including phenoxy) is 1. The fraction of sp³-hybridized carbons (Fsp3) is 0.476. The number of benzene rings is 1. The fourth-order valence-corrected chi connectivity index (χ4v) is 7.82. The molecule has 0 atom stereocenters. The maximum Gasteiger partial charge on any atom is 0.340 e. The first-order chi connectivity index (χ1) is 15.2. The van der Waals surface area contributed by atoms with Gasteiger partial charge in [0.25, 0.3) is 10.0 Å². The van der Waals surface area contributed by atoms with Crippen molar-refractivity contribution in [2.24, 2.45) is 0 Å². The first-order valence-electron chi connectivity index (χ1n) is 10.3. The molecule has 0 aliphatic carbocycles. The minimum absolute atomic E-state index is 0.00280. The normalized spacial score (nSPS) is 17.9. The molecular weight excluding hydrogens is 465 g/mol. The van der Waals surface area contributed by atoms with E-state index < -0.39 is 33.4 Å². The summed E-state index contributed by atoms with van der Waals surface area (Å²) in [6.45, 7) is 1.74. The van der Waals surface area contributed by atoms with Crippen molar-refractivity contribution in [2.75, 3.05) is 26.7 Å². The van der Waals surface area contributed by atoms with Crippen molar-refractivity contribution in [2.45, 2.75) is 43.0 Å². The topological polar surface area (TPSA) is 66.9 Å². The van der Waals surface area contributed by atoms with E-state index in [-0.39, 0.29) is 21.9 Å². The summed E-state index contributed by atoms with van der Waals surface area (Å²) in [5.74, 6) is -4.70. The van der Waals surface area contributed by atoms with Gasteiger partial charge in [0, 0.05) is 37.6 Å². The minimum atomic E-state index is -3.84. The molecule has 3 heterocycles. The van der Waals surface area contributed by atoms with E-state index in [2.05, 4.69) is 0 Å². The highest BCUT2D eigenvalue weighted by atomic mass is 32.2. The van der Waals surface area contributed by atoms with Crippen LogP contribution < -0.4 is 0 Å². The zero-order valence-corrected chi connectivity index (χ0v) is 19.1. The molecule has 4 rings (SSSR count). The van der Waals surface area contributed by atoms with Crippen LogP contribution >= 0.6 is 11.3 Å². The summed E-state index contributed by atoms with van der Waals surface area (Å²) in [7, 11) is -2.62. The van der Waals surface area contributed by atoms with Crippen LogP contribution in [0.1, 0.15) is 45.6 Å². The molecule has 1 saturated heterocycles. The lowest BCUT2D eigenvalue weighted by Gasteiger charge is -2.27. The molecule has 0 N–H and O–H groups in total. The number of hydrogen-bond donors (Lipinski definition) is 0. The Balaban J connectivity index is 1.65. The van der Waals surface area contributed by atoms with E-state index in [9.17, 15) is 26.4 Å². The number of methoxy groups -OCH3 is 1. The Morgan fingerprint density at radius 3 is 2.38 bits per heavy atom. The SMILES string of the molecule is COC(=O)c1c(S(=O)(=O)N2CCCCC2)sc2c1CCN(Cc1cc(F)c(F)c(F)c1)C2. The molecule has 11 heteroatoms. The van der Waals surface area contributed by atoms with E-state index in [0.717, 1.165) is 42.7 Å². The Morgan fingerprint density at radius 1 is 1.09 bits per heavy atom. The third-order valence-corrected chi connectivity index (χ3v) is 9.44. The lowest BCUT2D eigenvalue weighted by atomic mass is 10.0. The molecule has 0 saturated carbocycles. The third kappa shape index (κ3) is 4.30. The molecule has 0 unspecified atom stereocenters. The number of halogens is 3. The molecule has 0 amide bonds. The lowest BCUT2D eigenvalue weighted by Crippen LogP contribution is -2.36. The van der Waals surface area contributed by atoms with Gasteiger partial charge in [-0.05, 0) is 42.5 Å². The molecule has 0 bridgehead atoms. The van der Waals surface area contributed by atoms with Crippen molar-refractivity contribution in [3.05, 3.63) is 51.2 Å². The van der Waals surface area contributed by atoms with E-state index in [1.807, 2.05) is 4.90 Å². The quantitative estimate of drug-likeness (QED) is 0.475. The third-order valence-electron chi connectivity index (χ3n) is 5.83. The monoisotopic (exact) mass is 488 g/mol. The van der Waals surface area contributed by atoms with Gasteiger partial charge in [0.05, 0.1) is 12.7 Å². The van der Waals surface area contributed by atoms with Gasteiger partial charge in [0.15, 0.2) is 17.5 Å². The maximum absolute atomic E-state index is 13.6. The number of rotatable bonds is 5. The standard InChI is InChI=1S/C21H23F3N2O4S2/c1-30-20(27)18-14-5-8-25(11-13-9-15(22)19(24)16(23)10-13)12-17(14)31-21(18)32(28,29)26-6-3-2-4-7-26/h9-10H,2-8,11-12H2,1H3. The minimum Gasteiger partial charge on any atom is -0.465 e. The van der Waals surface area contributed by atoms with Crippen LogP contribution in [0.25, 0.3) is 0 Å². The van der Waals surface area contributed by atoms with Gasteiger partial charge in [-0.15, -0.1) is 11.3 Å². The predicted octanol–water partition coefficient (Wildman–Crippen LogP) is 3.68. The van der Waals surface area contributed by atoms with Crippen molar-refractivity contribution >= 4 is 27.3 Å². The summed E-state index contributed by atoms with van der Waals surface area (Å²) in [5, 5.41) is 0. The largest absolute Gasteiger partial charge is 0.465 e. The zero-order valence-electron chi connectivity index (χ0n) is 17.5. The molecule has 1 fully saturated rings. The van der Waals surface area contributed by atoms with Crippen molar-refractivity contribution < 1.29 is 31.1 Å². The number of fused-ring (bicyclic) bond motifs is 1. The lowest BCUT2D eigenvalue weighted by molar-refractivity contribution is 0.0595. The molecule has 1 aromatic heterocycles. The molecule has 1 aromatic carbocycles. The van der Waals surface area contributed by atoms with Crippen LogP contribution in [0.2, 0.25) is 0 Å². The molecule has 2 aliphatic rings. The second-order valence-electron chi connectivity index (χ2n) is 7.96. The van der Waals surface area contributed by atoms with Crippen molar-refractivity contribution in [3.63, 3.8) is 0 Å². The van der Waals surface area contributed by atoms with Crippen molar-refractivity contribution in [1.82, 2.24) is 9.21 Å². The number of piperidine rings is 1. The molecule has 2 aliphatic heterocycles. The molecular formula is C21H23F3N2O4S2. The van der Waals surface area contributed by atoms with E-state index >= 15 is 0 Å². The van der Waals surface area contributed by atoms with Crippen LogP contribution in [0.3, 0.4) is 0 Å². The molecule has 2 aromatic rings. The van der Waals surface area contributed by atoms with Gasteiger partial charge in [-0.1, -0.05) is 6.42 Å². The fourth-order valence-electron chi connectivity index (χ4n) is 4.24. The number of carbonyl (C=O) groups excluding carboxylic acids is 1. The van der Waals surface area contributed by atoms with Gasteiger partial charge in [-0.2, -0.15) is 4.31 Å². The van der Waals surface area contributed by atoms with Gasteiger partial charge in [-0.3, -0.25) is 4.90 Å². The highest BCUT2D eigenvalue weighted by Gasteiger charge is 2.37. The summed E-state index contributed by atoms with van der Waals surface area (Å²) >= 11 is 1.05. The number of nitrogens with zero attached hydrogens (tertiary/aromatic N) is 2. The Kier molecular flexibility index (Phi) is 6.62. The van der Waals surface area contributed by atoms with Crippen molar-refractivity contribution in [1.29, 1.82) is 0 Å². The highest BCUT2D eigenvalue weighted by Crippen LogP contribution is 2.39. The summed E-state index contributed by atoms with van der Waals surface area (Å²) in [5.41, 5.74) is 1.01. The Labute approximate surface area is 188 Å². The number of sulfonamides is 1. The van der Waals surface area contributed by atoms with Crippen molar-refractivity contribution in [3.8, 4) is 0 Å². The van der Waals surface area contributed by atoms with Crippen LogP contribution in [0.4, 0.5) is 13.2 Å². The molecule has 6 nitrogen and oxygen atoms in total. The Morgan fingerprint density at radius 2 is 1.75 bits per heavy atom. The predicted molar refractivity (Wildman–Crippen MR) is 112 cm³/mol. The average molecular weight is 489 g/mol. The van der Waals surface area contributed by atoms with E-state index in [0.29, 0.717) is 43.0 Å². The second kappa shape index (κ2) is 9.12. The van der Waals surface area contributed by atoms with E-state index in [4.69, 9.17) is 4.74 Å². The zero-order chi connectivity index (χ0) is 23.0.